The van der Waals surface area contributed by atoms with Crippen molar-refractivity contribution in [1.82, 2.24) is 5.32 Å². The van der Waals surface area contributed by atoms with Crippen LogP contribution in [-0.4, -0.2) is 40.0 Å². The molecule has 1 atom stereocenters. The van der Waals surface area contributed by atoms with Gasteiger partial charge in [0.2, 0.25) is 5.91 Å². The number of carbonyl (C=O) groups excluding carboxylic acids is 1. The van der Waals surface area contributed by atoms with Gasteiger partial charge in [0.25, 0.3) is 0 Å². The minimum Gasteiger partial charge on any atom is -0.479 e. The summed E-state index contributed by atoms with van der Waals surface area (Å²) in [6, 6.07) is 3.94. The largest absolute Gasteiger partial charge is 0.479 e. The third kappa shape index (κ3) is 5.07. The summed E-state index contributed by atoms with van der Waals surface area (Å²) in [4.78, 5) is 23.2. The normalized spacial score (nSPS) is 13.9. The molecule has 0 aliphatic heterocycles. The van der Waals surface area contributed by atoms with Crippen LogP contribution in [0.4, 0.5) is 0 Å². The Morgan fingerprint density at radius 3 is 2.83 bits per heavy atom. The maximum atomic E-state index is 11.4. The number of amides is 1. The molecule has 0 radical (unpaired) electrons. The standard InChI is InChI=1S/C11H15NO4S2/c1-11(16,10(14)15)7-12-9(13)6-17-5-8-3-2-4-18-8/h2-4,16H,5-7H2,1H3,(H,12,13)(H,14,15). The predicted molar refractivity (Wildman–Crippen MR) is 71.8 cm³/mol. The van der Waals surface area contributed by atoms with E-state index in [1.54, 1.807) is 11.3 Å². The van der Waals surface area contributed by atoms with Gasteiger partial charge < -0.3 is 15.5 Å². The van der Waals surface area contributed by atoms with Crippen molar-refractivity contribution in [1.29, 1.82) is 0 Å². The Bertz CT molecular complexity index is 403. The Hall–Kier alpha value is -1.05. The molecule has 0 aliphatic carbocycles. The first-order chi connectivity index (χ1) is 8.42. The fourth-order valence-corrected chi connectivity index (χ4v) is 2.73. The Morgan fingerprint density at radius 1 is 1.56 bits per heavy atom. The summed E-state index contributed by atoms with van der Waals surface area (Å²) in [6.45, 7) is 0.856. The zero-order chi connectivity index (χ0) is 13.6. The van der Waals surface area contributed by atoms with Gasteiger partial charge in [-0.25, -0.2) is 4.79 Å². The zero-order valence-electron chi connectivity index (χ0n) is 9.88. The molecule has 5 nitrogen and oxygen atoms in total. The van der Waals surface area contributed by atoms with Crippen molar-refractivity contribution in [3.05, 3.63) is 22.4 Å². The molecule has 1 aromatic rings. The molecule has 100 valence electrons. The first kappa shape index (κ1) is 15.0. The molecular weight excluding hydrogens is 274 g/mol. The molecule has 0 bridgehead atoms. The highest BCUT2D eigenvalue weighted by Crippen LogP contribution is 2.16. The lowest BCUT2D eigenvalue weighted by Crippen LogP contribution is -2.46. The monoisotopic (exact) mass is 289 g/mol. The molecule has 0 saturated heterocycles. The lowest BCUT2D eigenvalue weighted by Gasteiger charge is -2.18. The van der Waals surface area contributed by atoms with Crippen LogP contribution < -0.4 is 5.32 Å². The number of aliphatic carboxylic acids is 1. The highest BCUT2D eigenvalue weighted by molar-refractivity contribution is 7.99. The summed E-state index contributed by atoms with van der Waals surface area (Å²) in [7, 11) is 0. The van der Waals surface area contributed by atoms with E-state index in [1.165, 1.54) is 16.6 Å². The molecule has 1 amide bonds. The molecule has 0 aliphatic rings. The molecule has 1 heterocycles. The number of hydrogen-bond donors (Lipinski definition) is 3. The topological polar surface area (TPSA) is 86.6 Å². The van der Waals surface area contributed by atoms with Crippen molar-refractivity contribution < 1.29 is 19.8 Å². The van der Waals surface area contributed by atoms with Crippen molar-refractivity contribution in [2.45, 2.75) is 18.3 Å². The molecule has 1 aromatic heterocycles. The van der Waals surface area contributed by atoms with Crippen LogP contribution in [0.25, 0.3) is 0 Å². The van der Waals surface area contributed by atoms with Crippen LogP contribution in [0.1, 0.15) is 11.8 Å². The summed E-state index contributed by atoms with van der Waals surface area (Å²) in [5.74, 6) is -0.638. The minimum atomic E-state index is -1.92. The number of carbonyl (C=O) groups is 2. The van der Waals surface area contributed by atoms with Gasteiger partial charge >= 0.3 is 5.97 Å². The van der Waals surface area contributed by atoms with Crippen LogP contribution in [0.5, 0.6) is 0 Å². The Labute approximate surface area is 113 Å². The van der Waals surface area contributed by atoms with Crippen LogP contribution >= 0.6 is 23.1 Å². The number of thioether (sulfide) groups is 1. The van der Waals surface area contributed by atoms with Gasteiger partial charge in [-0.3, -0.25) is 4.79 Å². The van der Waals surface area contributed by atoms with E-state index in [0.29, 0.717) is 0 Å². The summed E-state index contributed by atoms with van der Waals surface area (Å²) < 4.78 is 0. The SMILES string of the molecule is CC(O)(CNC(=O)CSCc1cccs1)C(=O)O. The van der Waals surface area contributed by atoms with Crippen molar-refractivity contribution >= 4 is 35.0 Å². The van der Waals surface area contributed by atoms with Crippen molar-refractivity contribution in [3.8, 4) is 0 Å². The first-order valence-electron chi connectivity index (χ1n) is 5.24. The first-order valence-corrected chi connectivity index (χ1v) is 7.28. The second-order valence-corrected chi connectivity index (χ2v) is 5.95. The highest BCUT2D eigenvalue weighted by atomic mass is 32.2. The average Bonchev–Trinajstić information content (AvgIpc) is 2.79. The Morgan fingerprint density at radius 2 is 2.28 bits per heavy atom. The number of hydrogen-bond acceptors (Lipinski definition) is 5. The number of thiophene rings is 1. The molecule has 1 rings (SSSR count). The summed E-state index contributed by atoms with van der Waals surface area (Å²) in [5, 5.41) is 22.4. The molecule has 0 saturated carbocycles. The minimum absolute atomic E-state index is 0.244. The van der Waals surface area contributed by atoms with E-state index in [0.717, 1.165) is 12.7 Å². The van der Waals surface area contributed by atoms with E-state index in [1.807, 2.05) is 17.5 Å². The van der Waals surface area contributed by atoms with Crippen molar-refractivity contribution in [2.75, 3.05) is 12.3 Å². The number of nitrogens with one attached hydrogen (secondary N) is 1. The number of aliphatic hydroxyl groups is 1. The quantitative estimate of drug-likeness (QED) is 0.695. The van der Waals surface area contributed by atoms with Gasteiger partial charge in [-0.15, -0.1) is 23.1 Å². The second kappa shape index (κ2) is 6.77. The van der Waals surface area contributed by atoms with Crippen LogP contribution in [-0.2, 0) is 15.3 Å². The molecule has 1 unspecified atom stereocenters. The fraction of sp³-hybridized carbons (Fsp3) is 0.455. The van der Waals surface area contributed by atoms with Gasteiger partial charge in [0.15, 0.2) is 5.60 Å². The van der Waals surface area contributed by atoms with Gasteiger partial charge in [-0.2, -0.15) is 0 Å². The number of carboxylic acid groups (broad SMARTS) is 1. The van der Waals surface area contributed by atoms with E-state index in [9.17, 15) is 14.7 Å². The molecule has 3 N–H and O–H groups in total. The van der Waals surface area contributed by atoms with Crippen molar-refractivity contribution in [3.63, 3.8) is 0 Å². The molecule has 0 spiro atoms. The highest BCUT2D eigenvalue weighted by Gasteiger charge is 2.30. The van der Waals surface area contributed by atoms with Crippen LogP contribution in [0.3, 0.4) is 0 Å². The number of carboxylic acids is 1. The zero-order valence-corrected chi connectivity index (χ0v) is 11.5. The van der Waals surface area contributed by atoms with E-state index in [4.69, 9.17) is 5.11 Å². The summed E-state index contributed by atoms with van der Waals surface area (Å²) >= 11 is 3.07. The summed E-state index contributed by atoms with van der Waals surface area (Å²) in [6.07, 6.45) is 0. The second-order valence-electron chi connectivity index (χ2n) is 3.93. The third-order valence-corrected chi connectivity index (χ3v) is 4.19. The third-order valence-electron chi connectivity index (χ3n) is 2.15. The van der Waals surface area contributed by atoms with E-state index >= 15 is 0 Å². The Kier molecular flexibility index (Phi) is 5.64. The van der Waals surface area contributed by atoms with Gasteiger partial charge in [0.05, 0.1) is 12.3 Å². The lowest BCUT2D eigenvalue weighted by molar-refractivity contribution is -0.156. The van der Waals surface area contributed by atoms with E-state index < -0.39 is 11.6 Å². The fourth-order valence-electron chi connectivity index (χ4n) is 1.04. The van der Waals surface area contributed by atoms with Crippen LogP contribution in [0.15, 0.2) is 17.5 Å². The van der Waals surface area contributed by atoms with E-state index in [2.05, 4.69) is 5.32 Å². The average molecular weight is 289 g/mol. The van der Waals surface area contributed by atoms with Crippen molar-refractivity contribution in [2.24, 2.45) is 0 Å². The van der Waals surface area contributed by atoms with Gasteiger partial charge in [-0.05, 0) is 18.4 Å². The molecule has 0 aromatic carbocycles. The van der Waals surface area contributed by atoms with Gasteiger partial charge in [0.1, 0.15) is 0 Å². The molecule has 0 fully saturated rings. The molecule has 18 heavy (non-hydrogen) atoms. The van der Waals surface area contributed by atoms with Gasteiger partial charge in [-0.1, -0.05) is 6.07 Å². The maximum absolute atomic E-state index is 11.4. The number of rotatable bonds is 7. The molecular formula is C11H15NO4S2. The summed E-state index contributed by atoms with van der Waals surface area (Å²) in [5.41, 5.74) is -1.92. The van der Waals surface area contributed by atoms with Crippen LogP contribution in [0.2, 0.25) is 0 Å². The lowest BCUT2D eigenvalue weighted by atomic mass is 10.1. The Balaban J connectivity index is 2.20. The smallest absolute Gasteiger partial charge is 0.337 e. The van der Waals surface area contributed by atoms with Gasteiger partial charge in [0, 0.05) is 10.6 Å². The predicted octanol–water partition coefficient (Wildman–Crippen LogP) is 0.933. The maximum Gasteiger partial charge on any atom is 0.337 e. The molecule has 7 heteroatoms. The van der Waals surface area contributed by atoms with Crippen LogP contribution in [0, 0.1) is 0 Å². The van der Waals surface area contributed by atoms with E-state index in [-0.39, 0.29) is 18.2 Å².